The highest BCUT2D eigenvalue weighted by Gasteiger charge is 2.29. The van der Waals surface area contributed by atoms with E-state index in [1.165, 1.54) is 20.8 Å². The Hall–Kier alpha value is -2.52. The van der Waals surface area contributed by atoms with Crippen LogP contribution in [0.15, 0.2) is 64.9 Å². The molecule has 32 heavy (non-hydrogen) atoms. The third-order valence-corrected chi connectivity index (χ3v) is 8.35. The minimum Gasteiger partial charge on any atom is -0.348 e. The molecule has 168 valence electrons. The van der Waals surface area contributed by atoms with E-state index in [4.69, 9.17) is 0 Å². The number of rotatable bonds is 7. The Kier molecular flexibility index (Phi) is 6.76. The van der Waals surface area contributed by atoms with Crippen LogP contribution in [0.2, 0.25) is 0 Å². The molecule has 0 saturated carbocycles. The molecule has 2 heterocycles. The van der Waals surface area contributed by atoms with Crippen molar-refractivity contribution >= 4 is 27.3 Å². The molecular formula is C24H27N3O3S2. The molecule has 0 spiro atoms. The minimum absolute atomic E-state index is 0.150. The smallest absolute Gasteiger partial charge is 0.251 e. The summed E-state index contributed by atoms with van der Waals surface area (Å²) in [4.78, 5) is 16.2. The number of nitrogens with one attached hydrogen (secondary N) is 1. The number of sulfonamides is 1. The summed E-state index contributed by atoms with van der Waals surface area (Å²) in [5.74, 6) is -0.293. The molecule has 1 aromatic heterocycles. The number of nitrogens with zero attached hydrogens (tertiary/aromatic N) is 2. The van der Waals surface area contributed by atoms with E-state index in [0.29, 0.717) is 25.2 Å². The van der Waals surface area contributed by atoms with Crippen LogP contribution < -0.4 is 5.32 Å². The van der Waals surface area contributed by atoms with Gasteiger partial charge in [-0.3, -0.25) is 4.79 Å². The van der Waals surface area contributed by atoms with E-state index in [2.05, 4.69) is 10.2 Å². The Bertz CT molecular complexity index is 1200. The van der Waals surface area contributed by atoms with Crippen molar-refractivity contribution in [3.63, 3.8) is 0 Å². The SMILES string of the molecule is CN(C)Cc1ccc(CNC(=O)c2cccc(S(=O)(=O)N3CCc4sccc4C3)c2)cc1. The van der Waals surface area contributed by atoms with Crippen LogP contribution in [0, 0.1) is 0 Å². The van der Waals surface area contributed by atoms with E-state index in [1.54, 1.807) is 29.5 Å². The Morgan fingerprint density at radius 3 is 2.59 bits per heavy atom. The van der Waals surface area contributed by atoms with Gasteiger partial charge < -0.3 is 10.2 Å². The molecule has 0 atom stereocenters. The number of amides is 1. The van der Waals surface area contributed by atoms with Crippen molar-refractivity contribution in [3.05, 3.63) is 87.1 Å². The average Bonchev–Trinajstić information content (AvgIpc) is 3.26. The van der Waals surface area contributed by atoms with Gasteiger partial charge in [0, 0.05) is 36.6 Å². The standard InChI is InChI=1S/C24H27N3O3S2/c1-26(2)16-19-8-6-18(7-9-19)15-25-24(28)20-4-3-5-22(14-20)32(29,30)27-12-10-23-21(17-27)11-13-31-23/h3-9,11,13-14H,10,12,15-17H2,1-2H3,(H,25,28). The number of hydrogen-bond acceptors (Lipinski definition) is 5. The third kappa shape index (κ3) is 5.10. The van der Waals surface area contributed by atoms with Gasteiger partial charge >= 0.3 is 0 Å². The molecule has 6 nitrogen and oxygen atoms in total. The summed E-state index contributed by atoms with van der Waals surface area (Å²) in [6.07, 6.45) is 0.722. The first-order valence-corrected chi connectivity index (χ1v) is 12.8. The number of benzene rings is 2. The first-order valence-electron chi connectivity index (χ1n) is 10.5. The molecule has 1 aliphatic heterocycles. The molecule has 0 aliphatic carbocycles. The van der Waals surface area contributed by atoms with Crippen molar-refractivity contribution in [3.8, 4) is 0 Å². The highest BCUT2D eigenvalue weighted by molar-refractivity contribution is 7.89. The Morgan fingerprint density at radius 1 is 1.09 bits per heavy atom. The zero-order chi connectivity index (χ0) is 22.7. The van der Waals surface area contributed by atoms with Crippen molar-refractivity contribution in [1.82, 2.24) is 14.5 Å². The topological polar surface area (TPSA) is 69.7 Å². The molecular weight excluding hydrogens is 442 g/mol. The predicted octanol–water partition coefficient (Wildman–Crippen LogP) is 3.49. The first kappa shape index (κ1) is 22.7. The van der Waals surface area contributed by atoms with Crippen LogP contribution >= 0.6 is 11.3 Å². The predicted molar refractivity (Wildman–Crippen MR) is 127 cm³/mol. The normalized spacial score (nSPS) is 14.3. The van der Waals surface area contributed by atoms with Gasteiger partial charge in [0.15, 0.2) is 0 Å². The second-order valence-corrected chi connectivity index (χ2v) is 11.2. The lowest BCUT2D eigenvalue weighted by Crippen LogP contribution is -2.35. The molecule has 0 bridgehead atoms. The summed E-state index contributed by atoms with van der Waals surface area (Å²) < 4.78 is 27.8. The van der Waals surface area contributed by atoms with Gasteiger partial charge in [0.25, 0.3) is 5.91 Å². The highest BCUT2D eigenvalue weighted by atomic mass is 32.2. The molecule has 1 N–H and O–H groups in total. The van der Waals surface area contributed by atoms with E-state index in [1.807, 2.05) is 49.8 Å². The lowest BCUT2D eigenvalue weighted by molar-refractivity contribution is 0.0950. The van der Waals surface area contributed by atoms with E-state index in [0.717, 1.165) is 24.1 Å². The molecule has 3 aromatic rings. The molecule has 1 aliphatic rings. The number of carbonyl (C=O) groups excluding carboxylic acids is 1. The lowest BCUT2D eigenvalue weighted by Gasteiger charge is -2.26. The van der Waals surface area contributed by atoms with Crippen LogP contribution in [-0.2, 0) is 36.1 Å². The number of hydrogen-bond donors (Lipinski definition) is 1. The number of fused-ring (bicyclic) bond motifs is 1. The summed E-state index contributed by atoms with van der Waals surface area (Å²) in [7, 11) is 0.375. The zero-order valence-corrected chi connectivity index (χ0v) is 19.9. The van der Waals surface area contributed by atoms with Crippen molar-refractivity contribution in [1.29, 1.82) is 0 Å². The molecule has 8 heteroatoms. The number of carbonyl (C=O) groups is 1. The van der Waals surface area contributed by atoms with Crippen molar-refractivity contribution in [2.75, 3.05) is 20.6 Å². The number of thiophene rings is 1. The van der Waals surface area contributed by atoms with Crippen LogP contribution in [0.1, 0.15) is 31.9 Å². The first-order chi connectivity index (χ1) is 15.3. The van der Waals surface area contributed by atoms with Gasteiger partial charge in [-0.15, -0.1) is 11.3 Å². The maximum absolute atomic E-state index is 13.2. The molecule has 0 saturated heterocycles. The zero-order valence-electron chi connectivity index (χ0n) is 18.2. The largest absolute Gasteiger partial charge is 0.348 e. The molecule has 4 rings (SSSR count). The van der Waals surface area contributed by atoms with Gasteiger partial charge in [-0.1, -0.05) is 30.3 Å². The summed E-state index contributed by atoms with van der Waals surface area (Å²) in [5, 5.41) is 4.89. The van der Waals surface area contributed by atoms with Gasteiger partial charge in [0.05, 0.1) is 4.90 Å². The molecule has 2 aromatic carbocycles. The molecule has 0 unspecified atom stereocenters. The Morgan fingerprint density at radius 2 is 1.84 bits per heavy atom. The second kappa shape index (κ2) is 9.54. The summed E-state index contributed by atoms with van der Waals surface area (Å²) >= 11 is 1.67. The van der Waals surface area contributed by atoms with E-state index < -0.39 is 10.0 Å². The van der Waals surface area contributed by atoms with Crippen LogP contribution in [0.5, 0.6) is 0 Å². The molecule has 0 radical (unpaired) electrons. The van der Waals surface area contributed by atoms with Crippen LogP contribution in [-0.4, -0.2) is 44.2 Å². The summed E-state index contributed by atoms with van der Waals surface area (Å²) in [5.41, 5.74) is 3.60. The highest BCUT2D eigenvalue weighted by Crippen LogP contribution is 2.28. The third-order valence-electron chi connectivity index (χ3n) is 5.48. The fourth-order valence-electron chi connectivity index (χ4n) is 3.79. The van der Waals surface area contributed by atoms with E-state index in [9.17, 15) is 13.2 Å². The van der Waals surface area contributed by atoms with E-state index in [-0.39, 0.29) is 10.8 Å². The van der Waals surface area contributed by atoms with Gasteiger partial charge in [-0.25, -0.2) is 8.42 Å². The molecule has 0 fully saturated rings. The van der Waals surface area contributed by atoms with Gasteiger partial charge in [-0.2, -0.15) is 4.31 Å². The van der Waals surface area contributed by atoms with Crippen LogP contribution in [0.4, 0.5) is 0 Å². The maximum Gasteiger partial charge on any atom is 0.251 e. The monoisotopic (exact) mass is 469 g/mol. The fourth-order valence-corrected chi connectivity index (χ4v) is 6.14. The lowest BCUT2D eigenvalue weighted by atomic mass is 10.1. The maximum atomic E-state index is 13.2. The summed E-state index contributed by atoms with van der Waals surface area (Å²) in [6, 6.07) is 16.4. The average molecular weight is 470 g/mol. The fraction of sp³-hybridized carbons (Fsp3) is 0.292. The quantitative estimate of drug-likeness (QED) is 0.575. The van der Waals surface area contributed by atoms with Crippen molar-refractivity contribution < 1.29 is 13.2 Å². The van der Waals surface area contributed by atoms with Crippen molar-refractivity contribution in [2.45, 2.75) is 31.0 Å². The Balaban J connectivity index is 1.42. The second-order valence-electron chi connectivity index (χ2n) is 8.22. The summed E-state index contributed by atoms with van der Waals surface area (Å²) in [6.45, 7) is 2.07. The van der Waals surface area contributed by atoms with Gasteiger partial charge in [0.1, 0.15) is 0 Å². The van der Waals surface area contributed by atoms with Crippen molar-refractivity contribution in [2.24, 2.45) is 0 Å². The molecule has 1 amide bonds. The van der Waals surface area contributed by atoms with Crippen LogP contribution in [0.25, 0.3) is 0 Å². The van der Waals surface area contributed by atoms with Gasteiger partial charge in [-0.05, 0) is 66.9 Å². The van der Waals surface area contributed by atoms with E-state index >= 15 is 0 Å². The minimum atomic E-state index is -3.67. The Labute approximate surface area is 193 Å². The van der Waals surface area contributed by atoms with Gasteiger partial charge in [0.2, 0.25) is 10.0 Å². The van der Waals surface area contributed by atoms with Crippen LogP contribution in [0.3, 0.4) is 0 Å².